The van der Waals surface area contributed by atoms with Crippen molar-refractivity contribution in [2.75, 3.05) is 32.8 Å². The minimum atomic E-state index is -0.239. The van der Waals surface area contributed by atoms with Crippen LogP contribution in [0.4, 0.5) is 4.39 Å². The average molecular weight is 426 g/mol. The number of carbonyl (C=O) groups is 2. The van der Waals surface area contributed by atoms with Gasteiger partial charge in [-0.2, -0.15) is 0 Å². The highest BCUT2D eigenvalue weighted by molar-refractivity contribution is 5.78. The molecule has 7 heteroatoms. The molecule has 2 saturated heterocycles. The second-order valence-electron chi connectivity index (χ2n) is 8.18. The van der Waals surface area contributed by atoms with E-state index in [9.17, 15) is 14.0 Å². The first kappa shape index (κ1) is 21.4. The van der Waals surface area contributed by atoms with Gasteiger partial charge in [-0.15, -0.1) is 0 Å². The number of pyridine rings is 1. The Labute approximate surface area is 182 Å². The maximum absolute atomic E-state index is 13.1. The number of halogens is 1. The van der Waals surface area contributed by atoms with Crippen molar-refractivity contribution in [3.05, 3.63) is 65.2 Å². The SMILES string of the molecule is O=C1CCCN1CCOCC(=O)N1CCC[C@H]1c1ccc(Cc2ccc(F)cc2)cn1. The lowest BCUT2D eigenvalue weighted by Gasteiger charge is -2.24. The van der Waals surface area contributed by atoms with E-state index >= 15 is 0 Å². The molecule has 2 aliphatic heterocycles. The molecule has 0 unspecified atom stereocenters. The Hall–Kier alpha value is -2.80. The predicted molar refractivity (Wildman–Crippen MR) is 114 cm³/mol. The van der Waals surface area contributed by atoms with E-state index < -0.39 is 0 Å². The molecule has 1 aromatic heterocycles. The van der Waals surface area contributed by atoms with Gasteiger partial charge in [-0.05, 0) is 55.0 Å². The van der Waals surface area contributed by atoms with E-state index in [0.29, 0.717) is 32.5 Å². The van der Waals surface area contributed by atoms with Crippen LogP contribution in [0.1, 0.15) is 48.5 Å². The standard InChI is InChI=1S/C24H28FN3O3/c25-20-8-5-18(6-9-20)15-19-7-10-21(26-16-19)22-3-1-12-28(22)24(30)17-31-14-13-27-11-2-4-23(27)29/h5-10,16,22H,1-4,11-15,17H2/t22-/m0/s1. The topological polar surface area (TPSA) is 62.7 Å². The minimum Gasteiger partial charge on any atom is -0.370 e. The lowest BCUT2D eigenvalue weighted by Crippen LogP contribution is -2.35. The van der Waals surface area contributed by atoms with Crippen molar-refractivity contribution >= 4 is 11.8 Å². The van der Waals surface area contributed by atoms with E-state index in [1.165, 1.54) is 12.1 Å². The predicted octanol–water partition coefficient (Wildman–Crippen LogP) is 3.11. The molecule has 1 aromatic carbocycles. The third-order valence-corrected chi connectivity index (χ3v) is 5.99. The molecule has 2 aromatic rings. The lowest BCUT2D eigenvalue weighted by atomic mass is 10.0. The first-order chi connectivity index (χ1) is 15.1. The molecule has 0 bridgehead atoms. The third-order valence-electron chi connectivity index (χ3n) is 5.99. The zero-order chi connectivity index (χ0) is 21.6. The van der Waals surface area contributed by atoms with E-state index in [4.69, 9.17) is 4.74 Å². The Kier molecular flexibility index (Phi) is 6.92. The summed E-state index contributed by atoms with van der Waals surface area (Å²) in [6, 6.07) is 10.5. The molecule has 0 spiro atoms. The maximum atomic E-state index is 13.1. The summed E-state index contributed by atoms with van der Waals surface area (Å²) in [6.07, 6.45) is 5.88. The number of hydrogen-bond donors (Lipinski definition) is 0. The number of ether oxygens (including phenoxy) is 1. The molecule has 2 amide bonds. The molecular formula is C24H28FN3O3. The molecule has 31 heavy (non-hydrogen) atoms. The van der Waals surface area contributed by atoms with Crippen molar-refractivity contribution in [1.29, 1.82) is 0 Å². The highest BCUT2D eigenvalue weighted by Crippen LogP contribution is 2.31. The van der Waals surface area contributed by atoms with Crippen molar-refractivity contribution in [2.24, 2.45) is 0 Å². The van der Waals surface area contributed by atoms with Crippen LogP contribution in [0.5, 0.6) is 0 Å². The molecule has 0 aliphatic carbocycles. The fourth-order valence-electron chi connectivity index (χ4n) is 4.31. The van der Waals surface area contributed by atoms with Crippen molar-refractivity contribution in [3.63, 3.8) is 0 Å². The molecule has 2 fully saturated rings. The summed E-state index contributed by atoms with van der Waals surface area (Å²) >= 11 is 0. The molecule has 3 heterocycles. The van der Waals surface area contributed by atoms with E-state index in [1.54, 1.807) is 17.0 Å². The zero-order valence-corrected chi connectivity index (χ0v) is 17.6. The monoisotopic (exact) mass is 425 g/mol. The average Bonchev–Trinajstić information content (AvgIpc) is 3.43. The summed E-state index contributed by atoms with van der Waals surface area (Å²) in [5.41, 5.74) is 2.96. The number of carbonyl (C=O) groups excluding carboxylic acids is 2. The number of amides is 2. The molecule has 164 valence electrons. The molecule has 6 nitrogen and oxygen atoms in total. The van der Waals surface area contributed by atoms with Crippen LogP contribution in [0.2, 0.25) is 0 Å². The second-order valence-corrected chi connectivity index (χ2v) is 8.18. The third kappa shape index (κ3) is 5.47. The number of aromatic nitrogens is 1. The summed E-state index contributed by atoms with van der Waals surface area (Å²) in [4.78, 5) is 32.6. The van der Waals surface area contributed by atoms with Gasteiger partial charge in [0.1, 0.15) is 12.4 Å². The number of nitrogens with zero attached hydrogens (tertiary/aromatic N) is 3. The Morgan fingerprint density at radius 3 is 2.61 bits per heavy atom. The Morgan fingerprint density at radius 1 is 1.10 bits per heavy atom. The Morgan fingerprint density at radius 2 is 1.90 bits per heavy atom. The number of rotatable bonds is 8. The first-order valence-corrected chi connectivity index (χ1v) is 10.9. The second kappa shape index (κ2) is 10.0. The van der Waals surface area contributed by atoms with E-state index in [0.717, 1.165) is 42.6 Å². The van der Waals surface area contributed by atoms with Crippen molar-refractivity contribution in [2.45, 2.75) is 38.1 Å². The van der Waals surface area contributed by atoms with Gasteiger partial charge in [0.15, 0.2) is 0 Å². The van der Waals surface area contributed by atoms with Gasteiger partial charge in [-0.25, -0.2) is 4.39 Å². The summed E-state index contributed by atoms with van der Waals surface area (Å²) < 4.78 is 18.6. The smallest absolute Gasteiger partial charge is 0.249 e. The van der Waals surface area contributed by atoms with Gasteiger partial charge in [0, 0.05) is 32.3 Å². The zero-order valence-electron chi connectivity index (χ0n) is 17.6. The van der Waals surface area contributed by atoms with Crippen molar-refractivity contribution < 1.29 is 18.7 Å². The van der Waals surface area contributed by atoms with Gasteiger partial charge >= 0.3 is 0 Å². The quantitative estimate of drug-likeness (QED) is 0.610. The Balaban J connectivity index is 1.28. The number of likely N-dealkylation sites (tertiary alicyclic amines) is 2. The van der Waals surface area contributed by atoms with E-state index in [-0.39, 0.29) is 30.3 Å². The summed E-state index contributed by atoms with van der Waals surface area (Å²) in [5, 5.41) is 0. The van der Waals surface area contributed by atoms with Crippen LogP contribution in [-0.2, 0) is 20.7 Å². The summed E-state index contributed by atoms with van der Waals surface area (Å²) in [6.45, 7) is 2.45. The summed E-state index contributed by atoms with van der Waals surface area (Å²) in [7, 11) is 0. The molecule has 0 radical (unpaired) electrons. The van der Waals surface area contributed by atoms with Crippen LogP contribution in [0.25, 0.3) is 0 Å². The van der Waals surface area contributed by atoms with Gasteiger partial charge in [0.05, 0.1) is 18.3 Å². The minimum absolute atomic E-state index is 0.0289. The number of hydrogen-bond acceptors (Lipinski definition) is 4. The fourth-order valence-corrected chi connectivity index (χ4v) is 4.31. The van der Waals surface area contributed by atoms with Gasteiger partial charge in [-0.1, -0.05) is 18.2 Å². The highest BCUT2D eigenvalue weighted by Gasteiger charge is 2.30. The fraction of sp³-hybridized carbons (Fsp3) is 0.458. The van der Waals surface area contributed by atoms with Crippen LogP contribution >= 0.6 is 0 Å². The van der Waals surface area contributed by atoms with Gasteiger partial charge in [0.2, 0.25) is 11.8 Å². The highest BCUT2D eigenvalue weighted by atomic mass is 19.1. The normalized spacial score (nSPS) is 18.7. The van der Waals surface area contributed by atoms with Crippen molar-refractivity contribution in [3.8, 4) is 0 Å². The molecule has 4 rings (SSSR count). The molecular weight excluding hydrogens is 397 g/mol. The van der Waals surface area contributed by atoms with Gasteiger partial charge in [0.25, 0.3) is 0 Å². The van der Waals surface area contributed by atoms with Gasteiger partial charge < -0.3 is 14.5 Å². The largest absolute Gasteiger partial charge is 0.370 e. The Bertz CT molecular complexity index is 901. The van der Waals surface area contributed by atoms with Gasteiger partial charge in [-0.3, -0.25) is 14.6 Å². The van der Waals surface area contributed by atoms with E-state index in [1.807, 2.05) is 23.2 Å². The summed E-state index contributed by atoms with van der Waals surface area (Å²) in [5.74, 6) is -0.104. The number of benzene rings is 1. The maximum Gasteiger partial charge on any atom is 0.249 e. The van der Waals surface area contributed by atoms with Crippen LogP contribution < -0.4 is 0 Å². The van der Waals surface area contributed by atoms with Crippen LogP contribution in [-0.4, -0.2) is 59.4 Å². The molecule has 0 saturated carbocycles. The molecule has 0 N–H and O–H groups in total. The van der Waals surface area contributed by atoms with E-state index in [2.05, 4.69) is 4.98 Å². The lowest BCUT2D eigenvalue weighted by molar-refractivity contribution is -0.137. The van der Waals surface area contributed by atoms with Crippen LogP contribution in [0.15, 0.2) is 42.6 Å². The molecule has 1 atom stereocenters. The van der Waals surface area contributed by atoms with Crippen molar-refractivity contribution in [1.82, 2.24) is 14.8 Å². The van der Waals surface area contributed by atoms with Crippen LogP contribution in [0, 0.1) is 5.82 Å². The first-order valence-electron chi connectivity index (χ1n) is 10.9. The molecule has 2 aliphatic rings. The van der Waals surface area contributed by atoms with Crippen LogP contribution in [0.3, 0.4) is 0 Å².